The molecule has 0 saturated heterocycles. The monoisotopic (exact) mass is 527 g/mol. The Morgan fingerprint density at radius 2 is 1.82 bits per heavy atom. The third-order valence-corrected chi connectivity index (χ3v) is 7.73. The van der Waals surface area contributed by atoms with Crippen molar-refractivity contribution in [3.63, 3.8) is 0 Å². The summed E-state index contributed by atoms with van der Waals surface area (Å²) in [5.41, 5.74) is 8.46. The van der Waals surface area contributed by atoms with Crippen LogP contribution < -0.4 is 15.9 Å². The standard InChI is InChI=1S/C33H33N7/c1-4-30-29(16-21(2)25-17-26(20-35-19-25)37-22(3)23-8-6-5-7-9-23)32(40-39-30)31-18-28-27(12-15-36-33(28)38-31)24-10-13-34-14-11-24/h4,10-20,23,37,39H,2-3,5-9H2,1H3,(H,36,38)/b29-16+,30-4+. The van der Waals surface area contributed by atoms with Gasteiger partial charge >= 0.3 is 0 Å². The molecule has 5 heterocycles. The fourth-order valence-corrected chi connectivity index (χ4v) is 5.55. The van der Waals surface area contributed by atoms with Gasteiger partial charge in [-0.1, -0.05) is 38.5 Å². The first-order valence-corrected chi connectivity index (χ1v) is 13.8. The lowest BCUT2D eigenvalue weighted by atomic mass is 9.87. The number of aromatic nitrogens is 6. The van der Waals surface area contributed by atoms with Crippen molar-refractivity contribution in [1.82, 2.24) is 30.1 Å². The smallest absolute Gasteiger partial charge is 0.138 e. The Morgan fingerprint density at radius 1 is 1.00 bits per heavy atom. The van der Waals surface area contributed by atoms with Gasteiger partial charge in [0.05, 0.1) is 22.9 Å². The summed E-state index contributed by atoms with van der Waals surface area (Å²) in [5, 5.41) is 14.3. The third-order valence-electron chi connectivity index (χ3n) is 7.73. The Hall–Kier alpha value is -4.78. The molecule has 6 rings (SSSR count). The first-order chi connectivity index (χ1) is 19.6. The van der Waals surface area contributed by atoms with Crippen LogP contribution in [0, 0.1) is 5.92 Å². The van der Waals surface area contributed by atoms with E-state index in [0.717, 1.165) is 66.6 Å². The van der Waals surface area contributed by atoms with E-state index >= 15 is 0 Å². The molecule has 200 valence electrons. The number of fused-ring (bicyclic) bond motifs is 1. The molecule has 0 atom stereocenters. The predicted octanol–water partition coefficient (Wildman–Crippen LogP) is 6.21. The van der Waals surface area contributed by atoms with E-state index in [-0.39, 0.29) is 0 Å². The summed E-state index contributed by atoms with van der Waals surface area (Å²) in [4.78, 5) is 16.7. The van der Waals surface area contributed by atoms with Crippen LogP contribution in [-0.2, 0) is 0 Å². The van der Waals surface area contributed by atoms with Gasteiger partial charge in [-0.15, -0.1) is 0 Å². The molecule has 0 aromatic carbocycles. The molecule has 1 saturated carbocycles. The van der Waals surface area contributed by atoms with Crippen molar-refractivity contribution in [3.8, 4) is 22.5 Å². The van der Waals surface area contributed by atoms with Crippen LogP contribution in [0.4, 0.5) is 5.69 Å². The Labute approximate surface area is 233 Å². The number of nitrogens with one attached hydrogen (secondary N) is 3. The van der Waals surface area contributed by atoms with Crippen LogP contribution in [0.1, 0.15) is 44.6 Å². The van der Waals surface area contributed by atoms with Crippen LogP contribution in [0.5, 0.6) is 0 Å². The second-order valence-corrected chi connectivity index (χ2v) is 10.3. The highest BCUT2D eigenvalue weighted by molar-refractivity contribution is 5.96. The van der Waals surface area contributed by atoms with Crippen LogP contribution in [-0.4, -0.2) is 30.1 Å². The van der Waals surface area contributed by atoms with Gasteiger partial charge in [0.1, 0.15) is 11.3 Å². The molecule has 5 aromatic heterocycles. The maximum absolute atomic E-state index is 4.67. The lowest BCUT2D eigenvalue weighted by Gasteiger charge is -2.24. The van der Waals surface area contributed by atoms with Crippen LogP contribution in [0.2, 0.25) is 0 Å². The number of allylic oxidation sites excluding steroid dienone is 2. The molecule has 0 radical (unpaired) electrons. The molecular weight excluding hydrogens is 494 g/mol. The van der Waals surface area contributed by atoms with E-state index in [1.807, 2.05) is 49.8 Å². The van der Waals surface area contributed by atoms with Crippen molar-refractivity contribution in [2.45, 2.75) is 39.0 Å². The largest absolute Gasteiger partial charge is 0.358 e. The van der Waals surface area contributed by atoms with E-state index in [9.17, 15) is 0 Å². The van der Waals surface area contributed by atoms with E-state index in [2.05, 4.69) is 66.8 Å². The molecule has 0 spiro atoms. The molecule has 7 heteroatoms. The Bertz CT molecular complexity index is 1800. The summed E-state index contributed by atoms with van der Waals surface area (Å²) < 4.78 is 0. The van der Waals surface area contributed by atoms with Crippen LogP contribution >= 0.6 is 0 Å². The lowest BCUT2D eigenvalue weighted by Crippen LogP contribution is -2.23. The SMILES string of the molecule is C=C(/C=c1/c(-c2cc3c(-c4ccncc4)ccnc3[nH]2)n[nH]/c1=C/C)c1cncc(NC(=C)C2CCCCC2)c1. The van der Waals surface area contributed by atoms with Crippen LogP contribution in [0.25, 0.3) is 51.3 Å². The van der Waals surface area contributed by atoms with Gasteiger partial charge in [-0.2, -0.15) is 5.10 Å². The maximum atomic E-state index is 4.67. The van der Waals surface area contributed by atoms with E-state index < -0.39 is 0 Å². The van der Waals surface area contributed by atoms with Crippen molar-refractivity contribution in [1.29, 1.82) is 0 Å². The van der Waals surface area contributed by atoms with Crippen molar-refractivity contribution < 1.29 is 0 Å². The highest BCUT2D eigenvalue weighted by atomic mass is 15.1. The van der Waals surface area contributed by atoms with Gasteiger partial charge in [0, 0.05) is 46.7 Å². The predicted molar refractivity (Wildman–Crippen MR) is 163 cm³/mol. The van der Waals surface area contributed by atoms with Crippen molar-refractivity contribution in [3.05, 3.63) is 96.3 Å². The zero-order chi connectivity index (χ0) is 27.5. The van der Waals surface area contributed by atoms with Crippen molar-refractivity contribution in [2.75, 3.05) is 5.32 Å². The number of H-pyrrole nitrogens is 2. The van der Waals surface area contributed by atoms with E-state index in [1.165, 1.54) is 32.1 Å². The number of rotatable bonds is 7. The zero-order valence-corrected chi connectivity index (χ0v) is 22.7. The minimum absolute atomic E-state index is 0.521. The van der Waals surface area contributed by atoms with Gasteiger partial charge in [-0.05, 0) is 78.8 Å². The molecule has 1 fully saturated rings. The third kappa shape index (κ3) is 5.10. The number of anilines is 1. The topological polar surface area (TPSA) is 95.2 Å². The fraction of sp³-hybridized carbons (Fsp3) is 0.212. The zero-order valence-electron chi connectivity index (χ0n) is 22.7. The van der Waals surface area contributed by atoms with Crippen LogP contribution in [0.3, 0.4) is 0 Å². The number of aromatic amines is 2. The maximum Gasteiger partial charge on any atom is 0.138 e. The minimum Gasteiger partial charge on any atom is -0.358 e. The van der Waals surface area contributed by atoms with E-state index in [1.54, 1.807) is 12.4 Å². The molecular formula is C33H33N7. The molecule has 3 N–H and O–H groups in total. The summed E-state index contributed by atoms with van der Waals surface area (Å²) >= 11 is 0. The number of pyridine rings is 3. The first-order valence-electron chi connectivity index (χ1n) is 13.8. The molecule has 0 bridgehead atoms. The highest BCUT2D eigenvalue weighted by Gasteiger charge is 2.17. The first kappa shape index (κ1) is 25.5. The molecule has 0 amide bonds. The lowest BCUT2D eigenvalue weighted by molar-refractivity contribution is 0.405. The molecule has 5 aromatic rings. The molecule has 1 aliphatic carbocycles. The normalized spacial score (nSPS) is 15.0. The molecule has 0 aliphatic heterocycles. The molecule has 40 heavy (non-hydrogen) atoms. The number of nitrogens with zero attached hydrogens (tertiary/aromatic N) is 4. The summed E-state index contributed by atoms with van der Waals surface area (Å²) in [6.45, 7) is 10.7. The fourth-order valence-electron chi connectivity index (χ4n) is 5.55. The quantitative estimate of drug-likeness (QED) is 0.234. The van der Waals surface area contributed by atoms with Gasteiger partial charge in [0.15, 0.2) is 0 Å². The van der Waals surface area contributed by atoms with Gasteiger partial charge in [-0.25, -0.2) is 4.98 Å². The van der Waals surface area contributed by atoms with Gasteiger partial charge < -0.3 is 10.3 Å². The molecule has 7 nitrogen and oxygen atoms in total. The van der Waals surface area contributed by atoms with Gasteiger partial charge in [0.25, 0.3) is 0 Å². The van der Waals surface area contributed by atoms with E-state index in [0.29, 0.717) is 5.92 Å². The second-order valence-electron chi connectivity index (χ2n) is 10.3. The average Bonchev–Trinajstić information content (AvgIpc) is 3.62. The van der Waals surface area contributed by atoms with Crippen molar-refractivity contribution in [2.24, 2.45) is 5.92 Å². The molecule has 1 aliphatic rings. The van der Waals surface area contributed by atoms with Crippen molar-refractivity contribution >= 4 is 34.4 Å². The minimum atomic E-state index is 0.521. The number of hydrogen-bond donors (Lipinski definition) is 3. The van der Waals surface area contributed by atoms with Crippen LogP contribution in [0.15, 0.2) is 80.2 Å². The van der Waals surface area contributed by atoms with Gasteiger partial charge in [0.2, 0.25) is 0 Å². The highest BCUT2D eigenvalue weighted by Crippen LogP contribution is 2.31. The Kier molecular flexibility index (Phi) is 7.10. The number of hydrogen-bond acceptors (Lipinski definition) is 5. The Balaban J connectivity index is 1.34. The van der Waals surface area contributed by atoms with E-state index in [4.69, 9.17) is 0 Å². The summed E-state index contributed by atoms with van der Waals surface area (Å²) in [5.74, 6) is 0.521. The Morgan fingerprint density at radius 3 is 2.62 bits per heavy atom. The summed E-state index contributed by atoms with van der Waals surface area (Å²) in [6.07, 6.45) is 19.5. The second kappa shape index (κ2) is 11.1. The summed E-state index contributed by atoms with van der Waals surface area (Å²) in [7, 11) is 0. The van der Waals surface area contributed by atoms with Gasteiger partial charge in [-0.3, -0.25) is 15.1 Å². The molecule has 0 unspecified atom stereocenters. The summed E-state index contributed by atoms with van der Waals surface area (Å²) in [6, 6.07) is 10.2. The average molecular weight is 528 g/mol.